The average molecular weight is 327 g/mol. The number of rotatable bonds is 4. The van der Waals surface area contributed by atoms with E-state index in [-0.39, 0.29) is 18.2 Å². The molecule has 5 heteroatoms. The summed E-state index contributed by atoms with van der Waals surface area (Å²) in [6.07, 6.45) is 0.204. The van der Waals surface area contributed by atoms with E-state index >= 15 is 0 Å². The van der Waals surface area contributed by atoms with Crippen LogP contribution in [-0.2, 0) is 9.59 Å². The summed E-state index contributed by atoms with van der Waals surface area (Å²) in [5, 5.41) is -0.417. The van der Waals surface area contributed by atoms with Crippen molar-refractivity contribution in [1.29, 1.82) is 0 Å². The molecule has 1 fully saturated rings. The molecule has 4 nitrogen and oxygen atoms in total. The molecule has 1 aliphatic rings. The highest BCUT2D eigenvalue weighted by molar-refractivity contribution is 8.00. The fourth-order valence-corrected chi connectivity index (χ4v) is 3.69. The number of hydrogen-bond acceptors (Lipinski definition) is 4. The Morgan fingerprint density at radius 1 is 1.09 bits per heavy atom. The molecule has 3 rings (SSSR count). The third-order valence-electron chi connectivity index (χ3n) is 3.74. The Hall–Kier alpha value is -2.27. The number of hydrogen-bond donors (Lipinski definition) is 0. The van der Waals surface area contributed by atoms with Gasteiger partial charge in [0.2, 0.25) is 11.8 Å². The Morgan fingerprint density at radius 3 is 2.48 bits per heavy atom. The number of nitrogens with zero attached hydrogens (tertiary/aromatic N) is 1. The molecule has 0 bridgehead atoms. The topological polar surface area (TPSA) is 46.6 Å². The summed E-state index contributed by atoms with van der Waals surface area (Å²) < 4.78 is 5.31. The van der Waals surface area contributed by atoms with Gasteiger partial charge >= 0.3 is 0 Å². The quantitative estimate of drug-likeness (QED) is 0.807. The van der Waals surface area contributed by atoms with E-state index in [2.05, 4.69) is 0 Å². The predicted molar refractivity (Wildman–Crippen MR) is 90.9 cm³/mol. The summed E-state index contributed by atoms with van der Waals surface area (Å²) in [5.74, 6) is 0.382. The normalized spacial score (nSPS) is 17.7. The van der Waals surface area contributed by atoms with Gasteiger partial charge < -0.3 is 4.74 Å². The Balaban J connectivity index is 1.82. The monoisotopic (exact) mass is 327 g/mol. The number of ether oxygens (including phenoxy) is 1. The second kappa shape index (κ2) is 6.46. The van der Waals surface area contributed by atoms with E-state index in [1.807, 2.05) is 43.3 Å². The molecule has 0 N–H and O–H groups in total. The zero-order valence-corrected chi connectivity index (χ0v) is 13.8. The lowest BCUT2D eigenvalue weighted by Gasteiger charge is -2.15. The number of thioether (sulfide) groups is 1. The standard InChI is InChI=1S/C18H17NO3S/c1-12-7-9-13(10-8-12)19-17(20)11-16(18(19)21)23-15-6-4-3-5-14(15)22-2/h3-10,16H,11H2,1-2H3/t16-/m0/s1. The average Bonchev–Trinajstić information content (AvgIpc) is 2.83. The van der Waals surface area contributed by atoms with Crippen molar-refractivity contribution in [3.63, 3.8) is 0 Å². The Labute approximate surface area is 139 Å². The van der Waals surface area contributed by atoms with Gasteiger partial charge in [-0.3, -0.25) is 9.59 Å². The molecular weight excluding hydrogens is 310 g/mol. The number of anilines is 1. The summed E-state index contributed by atoms with van der Waals surface area (Å²) in [6, 6.07) is 14.9. The molecule has 1 aliphatic heterocycles. The van der Waals surface area contributed by atoms with E-state index in [1.54, 1.807) is 19.2 Å². The summed E-state index contributed by atoms with van der Waals surface area (Å²) >= 11 is 1.38. The van der Waals surface area contributed by atoms with Crippen LogP contribution < -0.4 is 9.64 Å². The van der Waals surface area contributed by atoms with Gasteiger partial charge in [0.05, 0.1) is 22.9 Å². The molecule has 0 aliphatic carbocycles. The van der Waals surface area contributed by atoms with E-state index in [0.29, 0.717) is 11.4 Å². The van der Waals surface area contributed by atoms with E-state index in [0.717, 1.165) is 10.5 Å². The van der Waals surface area contributed by atoms with Crippen molar-refractivity contribution in [2.24, 2.45) is 0 Å². The van der Waals surface area contributed by atoms with E-state index in [9.17, 15) is 9.59 Å². The van der Waals surface area contributed by atoms with Gasteiger partial charge in [-0.1, -0.05) is 29.8 Å². The molecule has 1 atom stereocenters. The third-order valence-corrected chi connectivity index (χ3v) is 4.98. The Morgan fingerprint density at radius 2 is 1.78 bits per heavy atom. The van der Waals surface area contributed by atoms with Crippen LogP contribution in [0, 0.1) is 6.92 Å². The maximum atomic E-state index is 12.6. The highest BCUT2D eigenvalue weighted by Crippen LogP contribution is 2.37. The van der Waals surface area contributed by atoms with Crippen LogP contribution in [0.4, 0.5) is 5.69 Å². The molecule has 0 unspecified atom stereocenters. The molecule has 2 amide bonds. The van der Waals surface area contributed by atoms with Gasteiger partial charge in [-0.05, 0) is 31.2 Å². The van der Waals surface area contributed by atoms with Crippen molar-refractivity contribution in [2.75, 3.05) is 12.0 Å². The number of carbonyl (C=O) groups excluding carboxylic acids is 2. The molecule has 2 aromatic carbocycles. The summed E-state index contributed by atoms with van der Waals surface area (Å²) in [5.41, 5.74) is 1.72. The maximum Gasteiger partial charge on any atom is 0.247 e. The summed E-state index contributed by atoms with van der Waals surface area (Å²) in [4.78, 5) is 27.1. The number of para-hydroxylation sites is 1. The van der Waals surface area contributed by atoms with Crippen LogP contribution in [0.2, 0.25) is 0 Å². The molecular formula is C18H17NO3S. The van der Waals surface area contributed by atoms with Crippen molar-refractivity contribution >= 4 is 29.3 Å². The minimum Gasteiger partial charge on any atom is -0.496 e. The van der Waals surface area contributed by atoms with E-state index in [1.165, 1.54) is 16.7 Å². The van der Waals surface area contributed by atoms with Crippen molar-refractivity contribution in [3.05, 3.63) is 54.1 Å². The molecule has 0 spiro atoms. The predicted octanol–water partition coefficient (Wildman–Crippen LogP) is 3.43. The van der Waals surface area contributed by atoms with Crippen molar-refractivity contribution in [2.45, 2.75) is 23.5 Å². The van der Waals surface area contributed by atoms with Crippen LogP contribution >= 0.6 is 11.8 Å². The Kier molecular flexibility index (Phi) is 4.39. The summed E-state index contributed by atoms with van der Waals surface area (Å²) in [7, 11) is 1.60. The van der Waals surface area contributed by atoms with E-state index in [4.69, 9.17) is 4.74 Å². The number of aryl methyl sites for hydroxylation is 1. The molecule has 23 heavy (non-hydrogen) atoms. The molecule has 1 saturated heterocycles. The van der Waals surface area contributed by atoms with Crippen LogP contribution in [0.25, 0.3) is 0 Å². The lowest BCUT2D eigenvalue weighted by atomic mass is 10.2. The van der Waals surface area contributed by atoms with Gasteiger partial charge in [0.15, 0.2) is 0 Å². The molecule has 0 radical (unpaired) electrons. The van der Waals surface area contributed by atoms with Gasteiger partial charge in [0.1, 0.15) is 5.75 Å². The molecule has 0 aromatic heterocycles. The largest absolute Gasteiger partial charge is 0.496 e. The number of benzene rings is 2. The smallest absolute Gasteiger partial charge is 0.247 e. The van der Waals surface area contributed by atoms with Crippen LogP contribution in [0.3, 0.4) is 0 Å². The Bertz CT molecular complexity index is 742. The molecule has 1 heterocycles. The number of amides is 2. The first-order valence-corrected chi connectivity index (χ1v) is 8.21. The zero-order valence-electron chi connectivity index (χ0n) is 13.0. The zero-order chi connectivity index (χ0) is 16.4. The van der Waals surface area contributed by atoms with Crippen LogP contribution in [0.5, 0.6) is 5.75 Å². The first-order valence-electron chi connectivity index (χ1n) is 7.33. The lowest BCUT2D eigenvalue weighted by molar-refractivity contribution is -0.121. The summed E-state index contributed by atoms with van der Waals surface area (Å²) in [6.45, 7) is 1.97. The minimum absolute atomic E-state index is 0.161. The SMILES string of the molecule is COc1ccccc1S[C@H]1CC(=O)N(c2ccc(C)cc2)C1=O. The second-order valence-electron chi connectivity index (χ2n) is 5.36. The number of imide groups is 1. The second-order valence-corrected chi connectivity index (χ2v) is 6.61. The van der Waals surface area contributed by atoms with Crippen molar-refractivity contribution in [3.8, 4) is 5.75 Å². The van der Waals surface area contributed by atoms with Gasteiger partial charge in [0.25, 0.3) is 0 Å². The first-order chi connectivity index (χ1) is 11.1. The van der Waals surface area contributed by atoms with Crippen molar-refractivity contribution in [1.82, 2.24) is 0 Å². The fourth-order valence-electron chi connectivity index (χ4n) is 2.53. The lowest BCUT2D eigenvalue weighted by Crippen LogP contribution is -2.31. The molecule has 2 aromatic rings. The van der Waals surface area contributed by atoms with E-state index < -0.39 is 5.25 Å². The van der Waals surface area contributed by atoms with Crippen LogP contribution in [0.15, 0.2) is 53.4 Å². The minimum atomic E-state index is -0.417. The number of methoxy groups -OCH3 is 1. The van der Waals surface area contributed by atoms with Gasteiger partial charge in [-0.2, -0.15) is 0 Å². The fraction of sp³-hybridized carbons (Fsp3) is 0.222. The van der Waals surface area contributed by atoms with Gasteiger partial charge in [-0.25, -0.2) is 4.90 Å². The first kappa shape index (κ1) is 15.6. The maximum absolute atomic E-state index is 12.6. The van der Waals surface area contributed by atoms with Gasteiger partial charge in [0, 0.05) is 6.42 Å². The van der Waals surface area contributed by atoms with Crippen LogP contribution in [-0.4, -0.2) is 24.2 Å². The highest BCUT2D eigenvalue weighted by atomic mass is 32.2. The molecule has 118 valence electrons. The van der Waals surface area contributed by atoms with Crippen molar-refractivity contribution < 1.29 is 14.3 Å². The third kappa shape index (κ3) is 3.10. The molecule has 0 saturated carbocycles. The van der Waals surface area contributed by atoms with Gasteiger partial charge in [-0.15, -0.1) is 11.8 Å². The number of carbonyl (C=O) groups is 2. The highest BCUT2D eigenvalue weighted by Gasteiger charge is 2.40. The van der Waals surface area contributed by atoms with Crippen LogP contribution in [0.1, 0.15) is 12.0 Å².